The third kappa shape index (κ3) is 23.2. The molecule has 2 nitrogen and oxygen atoms in total. The fourth-order valence-corrected chi connectivity index (χ4v) is 7.13. The molecule has 2 unspecified atom stereocenters. The van der Waals surface area contributed by atoms with Gasteiger partial charge in [-0.2, -0.15) is 0 Å². The highest BCUT2D eigenvalue weighted by Crippen LogP contribution is 2.27. The summed E-state index contributed by atoms with van der Waals surface area (Å²) in [6.45, 7) is 9.40. The van der Waals surface area contributed by atoms with E-state index in [1.165, 1.54) is 211 Å². The minimum Gasteiger partial charge on any atom is -0.247 e. The first-order valence-electron chi connectivity index (χ1n) is 20.3. The number of H-pyrrole nitrogens is 1. The van der Waals surface area contributed by atoms with Crippen LogP contribution in [0.5, 0.6) is 0 Å². The van der Waals surface area contributed by atoms with Crippen LogP contribution in [-0.4, -0.2) is 4.98 Å². The van der Waals surface area contributed by atoms with Crippen LogP contribution < -0.4 is 4.57 Å². The molecule has 1 N–H and O–H groups in total. The van der Waals surface area contributed by atoms with E-state index in [2.05, 4.69) is 49.6 Å². The molecule has 0 fully saturated rings. The molecule has 1 aromatic heterocycles. The molecule has 254 valence electrons. The van der Waals surface area contributed by atoms with Crippen LogP contribution in [0.4, 0.5) is 0 Å². The molecule has 0 aliphatic heterocycles. The second kappa shape index (κ2) is 31.2. The molecule has 0 amide bonds. The van der Waals surface area contributed by atoms with E-state index in [0.717, 1.165) is 0 Å². The van der Waals surface area contributed by atoms with Gasteiger partial charge in [0, 0.05) is 0 Å². The molecule has 0 saturated heterocycles. The van der Waals surface area contributed by atoms with Gasteiger partial charge >= 0.3 is 0 Å². The van der Waals surface area contributed by atoms with Gasteiger partial charge in [0.25, 0.3) is 5.82 Å². The first kappa shape index (κ1) is 40.2. The second-order valence-corrected chi connectivity index (χ2v) is 14.4. The number of nitrogens with one attached hydrogen (secondary N) is 1. The molecule has 0 saturated carbocycles. The normalized spacial score (nSPS) is 13.1. The zero-order valence-electron chi connectivity index (χ0n) is 30.4. The van der Waals surface area contributed by atoms with Crippen LogP contribution in [0.25, 0.3) is 0 Å². The molecule has 0 spiro atoms. The fraction of sp³-hybridized carbons (Fsp3) is 0.927. The lowest BCUT2D eigenvalue weighted by Gasteiger charge is -2.17. The highest BCUT2D eigenvalue weighted by Gasteiger charge is 2.25. The van der Waals surface area contributed by atoms with Gasteiger partial charge in [-0.25, -0.2) is 9.55 Å². The smallest absolute Gasteiger partial charge is 0.247 e. The molecular weight excluding hydrogens is 520 g/mol. The van der Waals surface area contributed by atoms with E-state index >= 15 is 0 Å². The van der Waals surface area contributed by atoms with Crippen molar-refractivity contribution in [1.29, 1.82) is 0 Å². The predicted molar refractivity (Wildman–Crippen MR) is 193 cm³/mol. The first-order chi connectivity index (χ1) is 21.2. The minimum atomic E-state index is 0.620. The fourth-order valence-electron chi connectivity index (χ4n) is 7.13. The summed E-state index contributed by atoms with van der Waals surface area (Å²) >= 11 is 0. The summed E-state index contributed by atoms with van der Waals surface area (Å²) in [5, 5.41) is 0. The Kier molecular flexibility index (Phi) is 29.2. The molecule has 0 aliphatic rings. The van der Waals surface area contributed by atoms with Crippen molar-refractivity contribution in [1.82, 2.24) is 4.98 Å². The number of imidazole rings is 1. The average molecular weight is 602 g/mol. The molecule has 0 aliphatic carbocycles. The number of nitrogens with zero attached hydrogens (tertiary/aromatic N) is 1. The molecule has 0 aromatic carbocycles. The van der Waals surface area contributed by atoms with Gasteiger partial charge in [-0.15, -0.1) is 0 Å². The van der Waals surface area contributed by atoms with Crippen molar-refractivity contribution in [3.05, 3.63) is 18.2 Å². The van der Waals surface area contributed by atoms with E-state index in [0.29, 0.717) is 12.0 Å². The molecule has 2 atom stereocenters. The van der Waals surface area contributed by atoms with E-state index < -0.39 is 0 Å². The Morgan fingerprint density at radius 2 is 0.744 bits per heavy atom. The van der Waals surface area contributed by atoms with Crippen LogP contribution in [0.3, 0.4) is 0 Å². The van der Waals surface area contributed by atoms with Gasteiger partial charge in [-0.05, 0) is 32.6 Å². The van der Waals surface area contributed by atoms with Crippen molar-refractivity contribution in [3.8, 4) is 0 Å². The van der Waals surface area contributed by atoms with E-state index in [9.17, 15) is 0 Å². The number of aromatic nitrogens is 2. The summed E-state index contributed by atoms with van der Waals surface area (Å²) in [5.41, 5.74) is 0. The van der Waals surface area contributed by atoms with E-state index in [1.807, 2.05) is 0 Å². The molecule has 1 rings (SSSR count). The van der Waals surface area contributed by atoms with E-state index in [1.54, 1.807) is 0 Å². The number of aromatic amines is 1. The van der Waals surface area contributed by atoms with Crippen molar-refractivity contribution in [2.45, 2.75) is 245 Å². The number of rotatable bonds is 34. The minimum absolute atomic E-state index is 0.620. The van der Waals surface area contributed by atoms with Crippen molar-refractivity contribution in [3.63, 3.8) is 0 Å². The van der Waals surface area contributed by atoms with E-state index in [4.69, 9.17) is 0 Å². The molecule has 0 radical (unpaired) electrons. The van der Waals surface area contributed by atoms with Gasteiger partial charge < -0.3 is 0 Å². The highest BCUT2D eigenvalue weighted by atomic mass is 15.1. The summed E-state index contributed by atoms with van der Waals surface area (Å²) in [6.07, 6.45) is 50.2. The maximum Gasteiger partial charge on any atom is 0.257 e. The van der Waals surface area contributed by atoms with Crippen molar-refractivity contribution < 1.29 is 4.57 Å². The summed E-state index contributed by atoms with van der Waals surface area (Å²) in [6, 6.07) is 0.620. The van der Waals surface area contributed by atoms with Crippen molar-refractivity contribution in [2.75, 3.05) is 0 Å². The quantitative estimate of drug-likeness (QED) is 0.0599. The maximum absolute atomic E-state index is 3.75. The standard InChI is InChI=1S/C41H80N2/c1-5-8-11-14-16-18-20-21-22-23-25-27-30-33-36-40(35-32-29-26-24-19-17-15-12-9-6-2)41-42-37-38-43(41)39(4)34-31-28-13-10-7-3/h37-40H,5-36H2,1-4H3/p+1. The van der Waals surface area contributed by atoms with Gasteiger partial charge in [0.1, 0.15) is 12.4 Å². The van der Waals surface area contributed by atoms with E-state index in [-0.39, 0.29) is 0 Å². The Morgan fingerprint density at radius 1 is 0.442 bits per heavy atom. The lowest BCUT2D eigenvalue weighted by atomic mass is 9.92. The Hall–Kier alpha value is -0.790. The van der Waals surface area contributed by atoms with Crippen molar-refractivity contribution in [2.24, 2.45) is 0 Å². The number of hydrogen-bond acceptors (Lipinski definition) is 0. The Balaban J connectivity index is 2.37. The van der Waals surface area contributed by atoms with Gasteiger partial charge in [-0.3, -0.25) is 0 Å². The average Bonchev–Trinajstić information content (AvgIpc) is 3.51. The lowest BCUT2D eigenvalue weighted by molar-refractivity contribution is -0.727. The molecule has 2 heteroatoms. The highest BCUT2D eigenvalue weighted by molar-refractivity contribution is 4.90. The maximum atomic E-state index is 3.75. The molecule has 0 bridgehead atoms. The third-order valence-electron chi connectivity index (χ3n) is 10.1. The zero-order valence-corrected chi connectivity index (χ0v) is 30.4. The number of unbranched alkanes of at least 4 members (excludes halogenated alkanes) is 26. The SMILES string of the molecule is CCCCCCCCCCCCCCCCC(CCCCCCCCCCCC)c1[nH]cc[n+]1C(C)CCCCCCC. The van der Waals surface area contributed by atoms with Crippen LogP contribution in [0.15, 0.2) is 12.4 Å². The van der Waals surface area contributed by atoms with Crippen LogP contribution in [0, 0.1) is 0 Å². The van der Waals surface area contributed by atoms with Crippen LogP contribution in [-0.2, 0) is 0 Å². The summed E-state index contributed by atoms with van der Waals surface area (Å²) < 4.78 is 2.63. The van der Waals surface area contributed by atoms with Gasteiger partial charge in [-0.1, -0.05) is 201 Å². The summed E-state index contributed by atoms with van der Waals surface area (Å²) in [5.74, 6) is 2.25. The number of hydrogen-bond donors (Lipinski definition) is 1. The molecule has 1 heterocycles. The lowest BCUT2D eigenvalue weighted by Crippen LogP contribution is -2.41. The summed E-state index contributed by atoms with van der Waals surface area (Å²) in [4.78, 5) is 3.75. The monoisotopic (exact) mass is 602 g/mol. The predicted octanol–water partition coefficient (Wildman–Crippen LogP) is 14.5. The second-order valence-electron chi connectivity index (χ2n) is 14.4. The van der Waals surface area contributed by atoms with Gasteiger partial charge in [0.15, 0.2) is 0 Å². The van der Waals surface area contributed by atoms with Crippen LogP contribution in [0.2, 0.25) is 0 Å². The largest absolute Gasteiger partial charge is 0.257 e. The summed E-state index contributed by atoms with van der Waals surface area (Å²) in [7, 11) is 0. The molecular formula is C41H81N2+. The molecule has 1 aromatic rings. The topological polar surface area (TPSA) is 19.7 Å². The third-order valence-corrected chi connectivity index (χ3v) is 10.1. The Labute approximate surface area is 272 Å². The Morgan fingerprint density at radius 3 is 1.09 bits per heavy atom. The van der Waals surface area contributed by atoms with Gasteiger partial charge in [0.2, 0.25) is 0 Å². The van der Waals surface area contributed by atoms with Crippen LogP contribution >= 0.6 is 0 Å². The first-order valence-corrected chi connectivity index (χ1v) is 20.3. The van der Waals surface area contributed by atoms with Crippen molar-refractivity contribution >= 4 is 0 Å². The zero-order chi connectivity index (χ0) is 31.1. The molecule has 43 heavy (non-hydrogen) atoms. The van der Waals surface area contributed by atoms with Crippen LogP contribution in [0.1, 0.15) is 251 Å². The Bertz CT molecular complexity index is 664. The van der Waals surface area contributed by atoms with Gasteiger partial charge in [0.05, 0.1) is 12.0 Å².